The maximum Gasteiger partial charge on any atom is 0.433 e. The maximum absolute atomic E-state index is 13.1. The number of benzene rings is 1. The van der Waals surface area contributed by atoms with E-state index in [-0.39, 0.29) is 29.2 Å². The first-order chi connectivity index (χ1) is 13.4. The SMILES string of the molecule is CC(C)[C@@H](CO)Nc1nc(NNc2ccc(S(=O)(=O)O)cc2)cc(C(F)(F)F)n1. The predicted octanol–water partition coefficient (Wildman–Crippen LogP) is 2.61. The summed E-state index contributed by atoms with van der Waals surface area (Å²) in [5, 5.41) is 12.0. The Balaban J connectivity index is 2.23. The molecule has 2 aromatic rings. The largest absolute Gasteiger partial charge is 0.433 e. The fraction of sp³-hybridized carbons (Fsp3) is 0.375. The van der Waals surface area contributed by atoms with Crippen molar-refractivity contribution >= 4 is 27.6 Å². The molecule has 1 aromatic heterocycles. The Morgan fingerprint density at radius 2 is 1.72 bits per heavy atom. The first-order valence-electron chi connectivity index (χ1n) is 8.33. The Labute approximate surface area is 165 Å². The van der Waals surface area contributed by atoms with Crippen LogP contribution >= 0.6 is 0 Å². The number of hydrazine groups is 1. The Bertz CT molecular complexity index is 937. The van der Waals surface area contributed by atoms with Crippen molar-refractivity contribution in [3.8, 4) is 0 Å². The van der Waals surface area contributed by atoms with E-state index in [1.165, 1.54) is 12.1 Å². The van der Waals surface area contributed by atoms with Crippen molar-refractivity contribution < 1.29 is 31.2 Å². The third kappa shape index (κ3) is 6.44. The highest BCUT2D eigenvalue weighted by atomic mass is 32.2. The van der Waals surface area contributed by atoms with Gasteiger partial charge in [-0.1, -0.05) is 13.8 Å². The number of aliphatic hydroxyl groups excluding tert-OH is 1. The van der Waals surface area contributed by atoms with E-state index in [0.29, 0.717) is 11.8 Å². The number of aromatic nitrogens is 2. The van der Waals surface area contributed by atoms with E-state index in [9.17, 15) is 26.7 Å². The summed E-state index contributed by atoms with van der Waals surface area (Å²) in [7, 11) is -4.36. The van der Waals surface area contributed by atoms with Gasteiger partial charge in [-0.15, -0.1) is 0 Å². The third-order valence-corrected chi connectivity index (χ3v) is 4.69. The molecule has 0 aliphatic heterocycles. The standard InChI is InChI=1S/C16H20F3N5O4S/c1-9(2)12(8-25)20-15-21-13(16(17,18)19)7-14(22-15)24-23-10-3-5-11(6-4-10)29(26,27)28/h3-7,9,12,23,25H,8H2,1-2H3,(H,26,27,28)(H2,20,21,22,24)/t12-/m1/s1. The van der Waals surface area contributed by atoms with Gasteiger partial charge in [-0.2, -0.15) is 26.6 Å². The van der Waals surface area contributed by atoms with Gasteiger partial charge in [0, 0.05) is 6.07 Å². The van der Waals surface area contributed by atoms with Crippen LogP contribution in [0.4, 0.5) is 30.6 Å². The van der Waals surface area contributed by atoms with Gasteiger partial charge < -0.3 is 10.4 Å². The molecule has 0 aliphatic rings. The van der Waals surface area contributed by atoms with E-state index < -0.39 is 28.0 Å². The summed E-state index contributed by atoms with van der Waals surface area (Å²) in [4.78, 5) is 7.06. The molecule has 9 nitrogen and oxygen atoms in total. The van der Waals surface area contributed by atoms with Crippen LogP contribution in [0.5, 0.6) is 0 Å². The van der Waals surface area contributed by atoms with Crippen molar-refractivity contribution in [2.45, 2.75) is 31.0 Å². The third-order valence-electron chi connectivity index (χ3n) is 3.82. The van der Waals surface area contributed by atoms with Crippen LogP contribution in [0.3, 0.4) is 0 Å². The molecule has 0 spiro atoms. The minimum absolute atomic E-state index is 0.0889. The first kappa shape index (κ1) is 22.6. The second-order valence-corrected chi connectivity index (χ2v) is 7.81. The molecule has 0 bridgehead atoms. The Morgan fingerprint density at radius 1 is 1.10 bits per heavy atom. The molecule has 29 heavy (non-hydrogen) atoms. The van der Waals surface area contributed by atoms with Crippen molar-refractivity contribution in [1.29, 1.82) is 0 Å². The van der Waals surface area contributed by atoms with Gasteiger partial charge in [0.15, 0.2) is 11.5 Å². The molecule has 0 fully saturated rings. The van der Waals surface area contributed by atoms with Crippen LogP contribution in [-0.2, 0) is 16.3 Å². The number of halogens is 3. The summed E-state index contributed by atoms with van der Waals surface area (Å²) in [5.74, 6) is -0.623. The van der Waals surface area contributed by atoms with Crippen molar-refractivity contribution in [3.05, 3.63) is 36.0 Å². The smallest absolute Gasteiger partial charge is 0.394 e. The summed E-state index contributed by atoms with van der Waals surface area (Å²) >= 11 is 0. The molecule has 0 unspecified atom stereocenters. The molecular formula is C16H20F3N5O4S. The topological polar surface area (TPSA) is 136 Å². The van der Waals surface area contributed by atoms with Crippen LogP contribution in [0.2, 0.25) is 0 Å². The average molecular weight is 435 g/mol. The van der Waals surface area contributed by atoms with E-state index in [0.717, 1.165) is 12.1 Å². The fourth-order valence-corrected chi connectivity index (χ4v) is 2.64. The highest BCUT2D eigenvalue weighted by Gasteiger charge is 2.34. The molecule has 1 aromatic carbocycles. The first-order valence-corrected chi connectivity index (χ1v) is 9.77. The number of hydrogen-bond donors (Lipinski definition) is 5. The van der Waals surface area contributed by atoms with Gasteiger partial charge in [-0.25, -0.2) is 4.98 Å². The van der Waals surface area contributed by atoms with Gasteiger partial charge in [0.25, 0.3) is 10.1 Å². The van der Waals surface area contributed by atoms with Crippen molar-refractivity contribution in [2.24, 2.45) is 5.92 Å². The lowest BCUT2D eigenvalue weighted by molar-refractivity contribution is -0.141. The van der Waals surface area contributed by atoms with Crippen LogP contribution in [0.1, 0.15) is 19.5 Å². The second kappa shape index (κ2) is 8.80. The van der Waals surface area contributed by atoms with E-state index in [4.69, 9.17) is 4.55 Å². The summed E-state index contributed by atoms with van der Waals surface area (Å²) in [5.41, 5.74) is 4.16. The molecule has 1 atom stereocenters. The van der Waals surface area contributed by atoms with E-state index in [1.54, 1.807) is 13.8 Å². The number of rotatable bonds is 8. The lowest BCUT2D eigenvalue weighted by Crippen LogP contribution is -2.31. The number of anilines is 3. The molecule has 0 amide bonds. The lowest BCUT2D eigenvalue weighted by atomic mass is 10.1. The van der Waals surface area contributed by atoms with Gasteiger partial charge in [0.1, 0.15) is 0 Å². The maximum atomic E-state index is 13.1. The Hall–Kier alpha value is -2.64. The molecule has 0 aliphatic carbocycles. The highest BCUT2D eigenvalue weighted by molar-refractivity contribution is 7.85. The fourth-order valence-electron chi connectivity index (χ4n) is 2.16. The number of hydrogen-bond acceptors (Lipinski definition) is 8. The molecule has 13 heteroatoms. The monoisotopic (exact) mass is 435 g/mol. The number of nitrogens with zero attached hydrogens (tertiary/aromatic N) is 2. The predicted molar refractivity (Wildman–Crippen MR) is 99.9 cm³/mol. The van der Waals surface area contributed by atoms with E-state index in [1.807, 2.05) is 0 Å². The van der Waals surface area contributed by atoms with Crippen LogP contribution < -0.4 is 16.2 Å². The summed E-state index contributed by atoms with van der Waals surface area (Å²) < 4.78 is 70.4. The van der Waals surface area contributed by atoms with Gasteiger partial charge in [-0.05, 0) is 30.2 Å². The number of aliphatic hydroxyl groups is 1. The molecular weight excluding hydrogens is 415 g/mol. The van der Waals surface area contributed by atoms with Crippen LogP contribution in [0, 0.1) is 5.92 Å². The van der Waals surface area contributed by atoms with Gasteiger partial charge >= 0.3 is 6.18 Å². The zero-order valence-corrected chi connectivity index (χ0v) is 16.2. The van der Waals surface area contributed by atoms with Crippen LogP contribution in [0.15, 0.2) is 35.2 Å². The van der Waals surface area contributed by atoms with Gasteiger partial charge in [-0.3, -0.25) is 15.4 Å². The molecule has 1 heterocycles. The zero-order chi connectivity index (χ0) is 21.8. The normalized spacial score (nSPS) is 13.2. The van der Waals surface area contributed by atoms with Crippen molar-refractivity contribution in [1.82, 2.24) is 9.97 Å². The van der Waals surface area contributed by atoms with Gasteiger partial charge in [0.2, 0.25) is 5.95 Å². The van der Waals surface area contributed by atoms with Crippen LogP contribution in [-0.4, -0.2) is 40.7 Å². The molecule has 0 saturated carbocycles. The molecule has 0 saturated heterocycles. The Kier molecular flexibility index (Phi) is 6.87. The summed E-state index contributed by atoms with van der Waals surface area (Å²) in [6.07, 6.45) is -4.72. The van der Waals surface area contributed by atoms with Gasteiger partial charge in [0.05, 0.1) is 23.2 Å². The number of alkyl halides is 3. The van der Waals surface area contributed by atoms with Crippen molar-refractivity contribution in [2.75, 3.05) is 22.8 Å². The van der Waals surface area contributed by atoms with Crippen molar-refractivity contribution in [3.63, 3.8) is 0 Å². The minimum atomic E-state index is -4.72. The second-order valence-electron chi connectivity index (χ2n) is 6.39. The average Bonchev–Trinajstić information content (AvgIpc) is 2.63. The highest BCUT2D eigenvalue weighted by Crippen LogP contribution is 2.30. The molecule has 0 radical (unpaired) electrons. The zero-order valence-electron chi connectivity index (χ0n) is 15.4. The molecule has 5 N–H and O–H groups in total. The summed E-state index contributed by atoms with van der Waals surface area (Å²) in [6.45, 7) is 3.23. The van der Waals surface area contributed by atoms with E-state index >= 15 is 0 Å². The number of nitrogens with one attached hydrogen (secondary N) is 3. The molecule has 160 valence electrons. The molecule has 2 rings (SSSR count). The minimum Gasteiger partial charge on any atom is -0.394 e. The quantitative estimate of drug-likeness (QED) is 0.313. The van der Waals surface area contributed by atoms with E-state index in [2.05, 4.69) is 26.1 Å². The summed E-state index contributed by atoms with van der Waals surface area (Å²) in [6, 6.07) is 4.95. The Morgan fingerprint density at radius 3 is 2.21 bits per heavy atom. The van der Waals surface area contributed by atoms with Crippen LogP contribution in [0.25, 0.3) is 0 Å². The lowest BCUT2D eigenvalue weighted by Gasteiger charge is -2.21.